The SMILES string of the molecule is C=C(C)NC(CCC(=O)O)C(=O)O. The molecule has 5 heteroatoms. The maximum atomic E-state index is 10.6. The van der Waals surface area contributed by atoms with E-state index in [2.05, 4.69) is 11.9 Å². The number of hydrogen-bond donors (Lipinski definition) is 3. The van der Waals surface area contributed by atoms with Crippen molar-refractivity contribution in [2.75, 3.05) is 0 Å². The van der Waals surface area contributed by atoms with Gasteiger partial charge in [-0.05, 0) is 13.3 Å². The smallest absolute Gasteiger partial charge is 0.326 e. The Balaban J connectivity index is 4.02. The fourth-order valence-electron chi connectivity index (χ4n) is 0.823. The predicted octanol–water partition coefficient (Wildman–Crippen LogP) is 0.428. The molecule has 0 aromatic rings. The molecule has 0 spiro atoms. The van der Waals surface area contributed by atoms with Gasteiger partial charge in [0.2, 0.25) is 0 Å². The largest absolute Gasteiger partial charge is 0.481 e. The zero-order valence-corrected chi connectivity index (χ0v) is 7.41. The lowest BCUT2D eigenvalue weighted by Gasteiger charge is -2.13. The first kappa shape index (κ1) is 11.5. The first-order valence-corrected chi connectivity index (χ1v) is 3.80. The maximum Gasteiger partial charge on any atom is 0.326 e. The summed E-state index contributed by atoms with van der Waals surface area (Å²) in [6, 6.07) is -0.867. The van der Waals surface area contributed by atoms with Gasteiger partial charge in [-0.1, -0.05) is 6.58 Å². The van der Waals surface area contributed by atoms with Crippen LogP contribution in [0.4, 0.5) is 0 Å². The van der Waals surface area contributed by atoms with E-state index in [0.29, 0.717) is 5.70 Å². The summed E-state index contributed by atoms with van der Waals surface area (Å²) in [6.07, 6.45) is -0.116. The van der Waals surface area contributed by atoms with Crippen molar-refractivity contribution in [3.63, 3.8) is 0 Å². The van der Waals surface area contributed by atoms with Crippen molar-refractivity contribution < 1.29 is 19.8 Å². The van der Waals surface area contributed by atoms with Crippen LogP contribution in [-0.2, 0) is 9.59 Å². The lowest BCUT2D eigenvalue weighted by Crippen LogP contribution is -2.35. The van der Waals surface area contributed by atoms with Gasteiger partial charge in [-0.15, -0.1) is 0 Å². The summed E-state index contributed by atoms with van der Waals surface area (Å²) in [5.41, 5.74) is 0.512. The molecule has 0 radical (unpaired) electrons. The molecule has 0 aliphatic rings. The Morgan fingerprint density at radius 2 is 2.00 bits per heavy atom. The standard InChI is InChI=1S/C8H13NO4/c1-5(2)9-6(8(12)13)3-4-7(10)11/h6,9H,1,3-4H2,2H3,(H,10,11)(H,12,13). The van der Waals surface area contributed by atoms with Crippen LogP contribution < -0.4 is 5.32 Å². The van der Waals surface area contributed by atoms with Gasteiger partial charge in [0.25, 0.3) is 0 Å². The van der Waals surface area contributed by atoms with Crippen molar-refractivity contribution in [1.29, 1.82) is 0 Å². The molecule has 0 aromatic carbocycles. The molecule has 3 N–H and O–H groups in total. The highest BCUT2D eigenvalue weighted by Crippen LogP contribution is 1.99. The Morgan fingerprint density at radius 1 is 1.46 bits per heavy atom. The van der Waals surface area contributed by atoms with Gasteiger partial charge < -0.3 is 15.5 Å². The second-order valence-electron chi connectivity index (χ2n) is 2.75. The fraction of sp³-hybridized carbons (Fsp3) is 0.500. The zero-order valence-electron chi connectivity index (χ0n) is 7.41. The third-order valence-corrected chi connectivity index (χ3v) is 1.37. The maximum absolute atomic E-state index is 10.6. The van der Waals surface area contributed by atoms with E-state index in [0.717, 1.165) is 0 Å². The van der Waals surface area contributed by atoms with Crippen LogP contribution in [0.25, 0.3) is 0 Å². The van der Waals surface area contributed by atoms with E-state index in [9.17, 15) is 9.59 Å². The fourth-order valence-corrected chi connectivity index (χ4v) is 0.823. The van der Waals surface area contributed by atoms with Crippen molar-refractivity contribution in [2.45, 2.75) is 25.8 Å². The quantitative estimate of drug-likeness (QED) is 0.561. The number of aliphatic carboxylic acids is 2. The van der Waals surface area contributed by atoms with Gasteiger partial charge in [0.15, 0.2) is 0 Å². The van der Waals surface area contributed by atoms with Crippen LogP contribution in [0.5, 0.6) is 0 Å². The van der Waals surface area contributed by atoms with Crippen LogP contribution in [0.15, 0.2) is 12.3 Å². The van der Waals surface area contributed by atoms with Crippen molar-refractivity contribution in [1.82, 2.24) is 5.32 Å². The van der Waals surface area contributed by atoms with Crippen LogP contribution in [0, 0.1) is 0 Å². The molecule has 13 heavy (non-hydrogen) atoms. The molecule has 1 unspecified atom stereocenters. The summed E-state index contributed by atoms with van der Waals surface area (Å²) in [6.45, 7) is 5.10. The lowest BCUT2D eigenvalue weighted by molar-refractivity contribution is -0.140. The first-order chi connectivity index (χ1) is 5.93. The second kappa shape index (κ2) is 5.18. The number of carbonyl (C=O) groups is 2. The Labute approximate surface area is 76.1 Å². The van der Waals surface area contributed by atoms with Crippen molar-refractivity contribution in [2.24, 2.45) is 0 Å². The van der Waals surface area contributed by atoms with Crippen LogP contribution in [0.3, 0.4) is 0 Å². The Kier molecular flexibility index (Phi) is 4.58. The highest BCUT2D eigenvalue weighted by molar-refractivity contribution is 5.75. The lowest BCUT2D eigenvalue weighted by atomic mass is 10.1. The minimum Gasteiger partial charge on any atom is -0.481 e. The molecule has 0 aliphatic heterocycles. The normalized spacial score (nSPS) is 11.8. The molecule has 1 atom stereocenters. The number of allylic oxidation sites excluding steroid dienone is 1. The number of carboxylic acids is 2. The number of rotatable bonds is 6. The minimum atomic E-state index is -1.07. The molecular formula is C8H13NO4. The van der Waals surface area contributed by atoms with Gasteiger partial charge in [0.05, 0.1) is 0 Å². The van der Waals surface area contributed by atoms with Gasteiger partial charge >= 0.3 is 11.9 Å². The van der Waals surface area contributed by atoms with E-state index in [1.807, 2.05) is 0 Å². The molecule has 5 nitrogen and oxygen atoms in total. The zero-order chi connectivity index (χ0) is 10.4. The van der Waals surface area contributed by atoms with Crippen molar-refractivity contribution in [3.05, 3.63) is 12.3 Å². The topological polar surface area (TPSA) is 86.6 Å². The van der Waals surface area contributed by atoms with Gasteiger partial charge in [-0.25, -0.2) is 4.79 Å². The monoisotopic (exact) mass is 187 g/mol. The van der Waals surface area contributed by atoms with Crippen molar-refractivity contribution in [3.8, 4) is 0 Å². The summed E-state index contributed by atoms with van der Waals surface area (Å²) in [7, 11) is 0. The van der Waals surface area contributed by atoms with E-state index in [-0.39, 0.29) is 12.8 Å². The molecule has 0 aliphatic carbocycles. The second-order valence-corrected chi connectivity index (χ2v) is 2.75. The van der Waals surface area contributed by atoms with E-state index in [1.54, 1.807) is 6.92 Å². The van der Waals surface area contributed by atoms with Gasteiger partial charge in [-0.2, -0.15) is 0 Å². The molecular weight excluding hydrogens is 174 g/mol. The summed E-state index contributed by atoms with van der Waals surface area (Å²) in [5, 5.41) is 19.6. The average Bonchev–Trinajstić information content (AvgIpc) is 1.96. The van der Waals surface area contributed by atoms with Gasteiger partial charge in [0.1, 0.15) is 6.04 Å². The van der Waals surface area contributed by atoms with E-state index in [1.165, 1.54) is 0 Å². The molecule has 0 saturated heterocycles. The summed E-state index contributed by atoms with van der Waals surface area (Å²) >= 11 is 0. The highest BCUT2D eigenvalue weighted by Gasteiger charge is 2.17. The predicted molar refractivity (Wildman–Crippen MR) is 46.2 cm³/mol. The molecule has 0 saturated carbocycles. The summed E-state index contributed by atoms with van der Waals surface area (Å²) < 4.78 is 0. The third kappa shape index (κ3) is 5.72. The average molecular weight is 187 g/mol. The first-order valence-electron chi connectivity index (χ1n) is 3.80. The molecule has 0 rings (SSSR count). The van der Waals surface area contributed by atoms with Gasteiger partial charge in [-0.3, -0.25) is 4.79 Å². The molecule has 0 bridgehead atoms. The van der Waals surface area contributed by atoms with E-state index in [4.69, 9.17) is 10.2 Å². The van der Waals surface area contributed by atoms with Crippen LogP contribution in [0.1, 0.15) is 19.8 Å². The number of carboxylic acid groups (broad SMARTS) is 2. The van der Waals surface area contributed by atoms with E-state index >= 15 is 0 Å². The summed E-state index contributed by atoms with van der Waals surface area (Å²) in [5.74, 6) is -2.07. The van der Waals surface area contributed by atoms with Gasteiger partial charge in [0, 0.05) is 12.1 Å². The molecule has 0 aromatic heterocycles. The van der Waals surface area contributed by atoms with Crippen LogP contribution >= 0.6 is 0 Å². The Bertz CT molecular complexity index is 224. The molecule has 0 fully saturated rings. The minimum absolute atomic E-state index is 0.0531. The Morgan fingerprint density at radius 3 is 2.31 bits per heavy atom. The molecule has 74 valence electrons. The molecule has 0 amide bonds. The highest BCUT2D eigenvalue weighted by atomic mass is 16.4. The van der Waals surface area contributed by atoms with Crippen LogP contribution in [0.2, 0.25) is 0 Å². The molecule has 0 heterocycles. The number of nitrogens with one attached hydrogen (secondary N) is 1. The Hall–Kier alpha value is -1.52. The van der Waals surface area contributed by atoms with E-state index < -0.39 is 18.0 Å². The number of hydrogen-bond acceptors (Lipinski definition) is 3. The third-order valence-electron chi connectivity index (χ3n) is 1.37. The van der Waals surface area contributed by atoms with Crippen molar-refractivity contribution >= 4 is 11.9 Å². The summed E-state index contributed by atoms with van der Waals surface area (Å²) in [4.78, 5) is 20.7. The van der Waals surface area contributed by atoms with Crippen LogP contribution in [-0.4, -0.2) is 28.2 Å².